The van der Waals surface area contributed by atoms with E-state index >= 15 is 0 Å². The van der Waals surface area contributed by atoms with Gasteiger partial charge in [0.15, 0.2) is 5.78 Å². The van der Waals surface area contributed by atoms with Crippen molar-refractivity contribution >= 4 is 52.2 Å². The number of nitrogens with zero attached hydrogens (tertiary/aromatic N) is 1. The van der Waals surface area contributed by atoms with E-state index in [4.69, 9.17) is 44.6 Å². The summed E-state index contributed by atoms with van der Waals surface area (Å²) in [4.78, 5) is 27.3. The molecule has 0 spiro atoms. The molecule has 4 aromatic rings. The quantitative estimate of drug-likeness (QED) is 0.157. The molecule has 0 aliphatic heterocycles. The number of ketones is 1. The maximum absolute atomic E-state index is 13.8. The number of hydrogen-bond acceptors (Lipinski definition) is 5. The number of nitrogens with one attached hydrogen (secondary N) is 1. The van der Waals surface area contributed by atoms with Crippen LogP contribution in [0.5, 0.6) is 5.75 Å². The van der Waals surface area contributed by atoms with Crippen molar-refractivity contribution in [3.63, 3.8) is 0 Å². The average molecular weight is 652 g/mol. The first-order chi connectivity index (χ1) is 20.4. The lowest BCUT2D eigenvalue weighted by atomic mass is 9.96. The highest BCUT2D eigenvalue weighted by molar-refractivity contribution is 6.39. The molecule has 0 bridgehead atoms. The van der Waals surface area contributed by atoms with E-state index in [0.717, 1.165) is 17.7 Å². The molecule has 0 aliphatic rings. The standard InChI is InChI=1S/C31H24Cl3F3N2O4/c1-43-28-12-19(31(35,36)37)11-22(18-7-10-26(39-15-18)27(40)3-2-4-29(41)42)23(28)16-38-21-13-24(33)30(25(34)14-21)17-5-8-20(32)9-6-17/h5-15,38H,2-4,16H2,1H3,(H,41,42). The van der Waals surface area contributed by atoms with Gasteiger partial charge in [0.2, 0.25) is 0 Å². The summed E-state index contributed by atoms with van der Waals surface area (Å²) < 4.78 is 46.8. The molecule has 224 valence electrons. The fraction of sp³-hybridized carbons (Fsp3) is 0.194. The van der Waals surface area contributed by atoms with Crippen molar-refractivity contribution in [2.24, 2.45) is 0 Å². The van der Waals surface area contributed by atoms with Gasteiger partial charge in [0.05, 0.1) is 22.7 Å². The van der Waals surface area contributed by atoms with Crippen molar-refractivity contribution in [3.05, 3.63) is 98.7 Å². The van der Waals surface area contributed by atoms with Crippen LogP contribution in [-0.4, -0.2) is 29.0 Å². The number of carbonyl (C=O) groups is 2. The van der Waals surface area contributed by atoms with E-state index in [-0.39, 0.29) is 48.6 Å². The highest BCUT2D eigenvalue weighted by Crippen LogP contribution is 2.41. The number of carbonyl (C=O) groups excluding carboxylic acids is 1. The lowest BCUT2D eigenvalue weighted by molar-refractivity contribution is -0.138. The molecular weight excluding hydrogens is 628 g/mol. The molecule has 0 saturated heterocycles. The average Bonchev–Trinajstić information content (AvgIpc) is 2.95. The molecule has 12 heteroatoms. The number of halogens is 6. The number of methoxy groups -OCH3 is 1. The van der Waals surface area contributed by atoms with Gasteiger partial charge in [-0.1, -0.05) is 53.0 Å². The topological polar surface area (TPSA) is 88.5 Å². The van der Waals surface area contributed by atoms with Gasteiger partial charge in [-0.2, -0.15) is 13.2 Å². The summed E-state index contributed by atoms with van der Waals surface area (Å²) in [5.41, 5.74) is 1.93. The van der Waals surface area contributed by atoms with Crippen LogP contribution < -0.4 is 10.1 Å². The summed E-state index contributed by atoms with van der Waals surface area (Å²) >= 11 is 19.1. The number of benzene rings is 3. The predicted molar refractivity (Wildman–Crippen MR) is 161 cm³/mol. The van der Waals surface area contributed by atoms with Gasteiger partial charge < -0.3 is 15.2 Å². The Morgan fingerprint density at radius 3 is 2.14 bits per heavy atom. The van der Waals surface area contributed by atoms with Gasteiger partial charge in [0.25, 0.3) is 0 Å². The number of carboxylic acid groups (broad SMARTS) is 1. The third kappa shape index (κ3) is 7.98. The molecule has 0 unspecified atom stereocenters. The van der Waals surface area contributed by atoms with Crippen molar-refractivity contribution in [1.29, 1.82) is 0 Å². The van der Waals surface area contributed by atoms with Crippen LogP contribution in [0.15, 0.2) is 66.9 Å². The molecule has 0 radical (unpaired) electrons. The SMILES string of the molecule is COc1cc(C(F)(F)F)cc(-c2ccc(C(=O)CCCC(=O)O)nc2)c1CNc1cc(Cl)c(-c2ccc(Cl)cc2)c(Cl)c1. The summed E-state index contributed by atoms with van der Waals surface area (Å²) in [6.45, 7) is 0.0272. The van der Waals surface area contributed by atoms with E-state index in [0.29, 0.717) is 37.4 Å². The molecule has 0 saturated carbocycles. The van der Waals surface area contributed by atoms with Crippen molar-refractivity contribution in [2.45, 2.75) is 32.0 Å². The number of hydrogen-bond donors (Lipinski definition) is 2. The highest BCUT2D eigenvalue weighted by Gasteiger charge is 2.33. The number of aliphatic carboxylic acids is 1. The molecule has 0 atom stereocenters. The normalized spacial score (nSPS) is 11.3. The third-order valence-electron chi connectivity index (χ3n) is 6.56. The van der Waals surface area contributed by atoms with Gasteiger partial charge >= 0.3 is 12.1 Å². The van der Waals surface area contributed by atoms with Gasteiger partial charge in [-0.3, -0.25) is 14.6 Å². The number of rotatable bonds is 11. The van der Waals surface area contributed by atoms with Gasteiger partial charge in [0, 0.05) is 53.0 Å². The molecule has 6 nitrogen and oxygen atoms in total. The van der Waals surface area contributed by atoms with Gasteiger partial charge in [-0.15, -0.1) is 0 Å². The summed E-state index contributed by atoms with van der Waals surface area (Å²) in [6.07, 6.45) is -3.39. The summed E-state index contributed by atoms with van der Waals surface area (Å²) in [5.74, 6) is -1.40. The van der Waals surface area contributed by atoms with Gasteiger partial charge in [-0.25, -0.2) is 0 Å². The monoisotopic (exact) mass is 650 g/mol. The molecular formula is C31H24Cl3F3N2O4. The zero-order valence-corrected chi connectivity index (χ0v) is 24.8. The molecule has 1 aromatic heterocycles. The third-order valence-corrected chi connectivity index (χ3v) is 7.40. The molecule has 0 aliphatic carbocycles. The van der Waals surface area contributed by atoms with Crippen molar-refractivity contribution in [2.75, 3.05) is 12.4 Å². The van der Waals surface area contributed by atoms with Crippen LogP contribution in [0.25, 0.3) is 22.3 Å². The number of carboxylic acids is 1. The summed E-state index contributed by atoms with van der Waals surface area (Å²) in [7, 11) is 1.27. The first-order valence-electron chi connectivity index (χ1n) is 12.9. The number of alkyl halides is 3. The molecule has 4 rings (SSSR count). The maximum Gasteiger partial charge on any atom is 0.416 e. The molecule has 3 aromatic carbocycles. The predicted octanol–water partition coefficient (Wildman–Crippen LogP) is 9.45. The van der Waals surface area contributed by atoms with Crippen LogP contribution in [0.3, 0.4) is 0 Å². The number of pyridine rings is 1. The Hall–Kier alpha value is -3.79. The van der Waals surface area contributed by atoms with Crippen LogP contribution in [0, 0.1) is 0 Å². The number of ether oxygens (including phenoxy) is 1. The Labute approximate surface area is 260 Å². The maximum atomic E-state index is 13.8. The second kappa shape index (κ2) is 13.7. The van der Waals surface area contributed by atoms with Crippen molar-refractivity contribution in [1.82, 2.24) is 4.98 Å². The Balaban J connectivity index is 1.66. The highest BCUT2D eigenvalue weighted by atomic mass is 35.5. The zero-order valence-electron chi connectivity index (χ0n) is 22.6. The molecule has 2 N–H and O–H groups in total. The Morgan fingerprint density at radius 1 is 0.930 bits per heavy atom. The zero-order chi connectivity index (χ0) is 31.3. The van der Waals surface area contributed by atoms with E-state index in [1.54, 1.807) is 36.4 Å². The lowest BCUT2D eigenvalue weighted by Crippen LogP contribution is -2.10. The minimum absolute atomic E-state index is 0.0128. The Bertz CT molecular complexity index is 1620. The smallest absolute Gasteiger partial charge is 0.416 e. The minimum atomic E-state index is -4.65. The van der Waals surface area contributed by atoms with E-state index in [1.165, 1.54) is 25.4 Å². The van der Waals surface area contributed by atoms with E-state index in [2.05, 4.69) is 10.3 Å². The fourth-order valence-corrected chi connectivity index (χ4v) is 5.27. The summed E-state index contributed by atoms with van der Waals surface area (Å²) in [6, 6.07) is 15.1. The number of anilines is 1. The second-order valence-corrected chi connectivity index (χ2v) is 10.7. The van der Waals surface area contributed by atoms with Crippen LogP contribution >= 0.6 is 34.8 Å². The van der Waals surface area contributed by atoms with Crippen LogP contribution in [0.2, 0.25) is 15.1 Å². The van der Waals surface area contributed by atoms with Crippen molar-refractivity contribution in [3.8, 4) is 28.0 Å². The fourth-order valence-electron chi connectivity index (χ4n) is 4.44. The molecule has 1 heterocycles. The lowest BCUT2D eigenvalue weighted by Gasteiger charge is -2.19. The Kier molecular flexibility index (Phi) is 10.2. The van der Waals surface area contributed by atoms with Crippen LogP contribution in [-0.2, 0) is 17.5 Å². The van der Waals surface area contributed by atoms with E-state index in [9.17, 15) is 22.8 Å². The van der Waals surface area contributed by atoms with Crippen LogP contribution in [0.4, 0.5) is 18.9 Å². The second-order valence-electron chi connectivity index (χ2n) is 9.48. The number of Topliss-reactive ketones (excluding diaryl/α,β-unsaturated/α-hetero) is 1. The van der Waals surface area contributed by atoms with Crippen LogP contribution in [0.1, 0.15) is 40.9 Å². The molecule has 0 amide bonds. The first-order valence-corrected chi connectivity index (χ1v) is 14.0. The largest absolute Gasteiger partial charge is 0.496 e. The molecule has 0 fully saturated rings. The molecule has 43 heavy (non-hydrogen) atoms. The first kappa shape index (κ1) is 32.1. The minimum Gasteiger partial charge on any atom is -0.496 e. The number of aromatic nitrogens is 1. The van der Waals surface area contributed by atoms with Crippen molar-refractivity contribution < 1.29 is 32.6 Å². The van der Waals surface area contributed by atoms with E-state index < -0.39 is 17.7 Å². The van der Waals surface area contributed by atoms with Gasteiger partial charge in [-0.05, 0) is 60.0 Å². The summed E-state index contributed by atoms with van der Waals surface area (Å²) in [5, 5.41) is 13.2. The van der Waals surface area contributed by atoms with E-state index in [1.807, 2.05) is 0 Å². The Morgan fingerprint density at radius 2 is 1.58 bits per heavy atom. The van der Waals surface area contributed by atoms with Gasteiger partial charge in [0.1, 0.15) is 11.4 Å².